The fourth-order valence-electron chi connectivity index (χ4n) is 2.85. The zero-order valence-corrected chi connectivity index (χ0v) is 15.4. The Kier molecular flexibility index (Phi) is 6.12. The third kappa shape index (κ3) is 5.24. The molecule has 28 heavy (non-hydrogen) atoms. The number of anilines is 1. The topological polar surface area (TPSA) is 95.8 Å². The first-order valence-electron chi connectivity index (χ1n) is 9.05. The smallest absolute Gasteiger partial charge is 0.251 e. The number of aromatic nitrogens is 1. The van der Waals surface area contributed by atoms with Crippen molar-refractivity contribution in [3.05, 3.63) is 59.9 Å². The van der Waals surface area contributed by atoms with Crippen LogP contribution in [0.15, 0.2) is 59.0 Å². The quantitative estimate of drug-likeness (QED) is 0.660. The fraction of sp³-hybridized carbons (Fsp3) is 0.286. The summed E-state index contributed by atoms with van der Waals surface area (Å²) in [5.41, 5.74) is 1.32. The number of carbonyl (C=O) groups is 2. The largest absolute Gasteiger partial charge is 0.352 e. The van der Waals surface area contributed by atoms with E-state index in [4.69, 9.17) is 6.42 Å². The number of hydrogen-bond donors (Lipinski definition) is 2. The highest BCUT2D eigenvalue weighted by atomic mass is 16.2. The average Bonchev–Trinajstić information content (AvgIpc) is 3.47. The van der Waals surface area contributed by atoms with Crippen molar-refractivity contribution in [3.8, 4) is 12.3 Å². The molecule has 1 aromatic heterocycles. The zero-order valence-electron chi connectivity index (χ0n) is 15.4. The molecule has 2 amide bonds. The molecule has 0 aliphatic carbocycles. The maximum atomic E-state index is 12.6. The highest BCUT2D eigenvalue weighted by molar-refractivity contribution is 5.98. The lowest BCUT2D eigenvalue weighted by Gasteiger charge is -2.12. The molecule has 7 nitrogen and oxygen atoms in total. The van der Waals surface area contributed by atoms with Crippen molar-refractivity contribution in [2.75, 3.05) is 11.9 Å². The second-order valence-corrected chi connectivity index (χ2v) is 6.52. The van der Waals surface area contributed by atoms with Gasteiger partial charge in [0.15, 0.2) is 5.66 Å². The molecule has 0 saturated heterocycles. The minimum absolute atomic E-state index is 0.0925. The van der Waals surface area contributed by atoms with E-state index >= 15 is 0 Å². The number of pyridine rings is 1. The Hall–Kier alpha value is -3.53. The van der Waals surface area contributed by atoms with E-state index in [-0.39, 0.29) is 18.2 Å². The van der Waals surface area contributed by atoms with Gasteiger partial charge in [0, 0.05) is 37.6 Å². The molecular formula is C21H21N5O2. The Morgan fingerprint density at radius 1 is 1.11 bits per heavy atom. The van der Waals surface area contributed by atoms with Crippen LogP contribution in [0, 0.1) is 12.3 Å². The van der Waals surface area contributed by atoms with E-state index in [9.17, 15) is 9.59 Å². The van der Waals surface area contributed by atoms with Crippen molar-refractivity contribution < 1.29 is 9.59 Å². The summed E-state index contributed by atoms with van der Waals surface area (Å²) in [7, 11) is 0. The molecule has 2 N–H and O–H groups in total. The van der Waals surface area contributed by atoms with E-state index in [0.717, 1.165) is 0 Å². The SMILES string of the molecule is C#CCCC1(CCNC(=O)c2ccccc2CC(=O)Nc2cccnc2)N=N1. The molecule has 1 aliphatic heterocycles. The van der Waals surface area contributed by atoms with E-state index in [2.05, 4.69) is 31.8 Å². The Bertz CT molecular complexity index is 912. The summed E-state index contributed by atoms with van der Waals surface area (Å²) in [6.45, 7) is 0.437. The van der Waals surface area contributed by atoms with E-state index < -0.39 is 5.66 Å². The lowest BCUT2D eigenvalue weighted by atomic mass is 10.0. The van der Waals surface area contributed by atoms with E-state index in [1.807, 2.05) is 0 Å². The van der Waals surface area contributed by atoms with Gasteiger partial charge in [-0.05, 0) is 23.8 Å². The molecule has 2 aromatic rings. The van der Waals surface area contributed by atoms with Gasteiger partial charge in [-0.15, -0.1) is 12.3 Å². The van der Waals surface area contributed by atoms with Gasteiger partial charge in [0.05, 0.1) is 18.3 Å². The van der Waals surface area contributed by atoms with Crippen molar-refractivity contribution in [3.63, 3.8) is 0 Å². The number of benzene rings is 1. The number of terminal acetylenes is 1. The molecule has 0 spiro atoms. The van der Waals surface area contributed by atoms with Crippen LogP contribution in [0.1, 0.15) is 35.2 Å². The van der Waals surface area contributed by atoms with Crippen molar-refractivity contribution in [1.29, 1.82) is 0 Å². The monoisotopic (exact) mass is 375 g/mol. The maximum absolute atomic E-state index is 12.6. The number of hydrogen-bond acceptors (Lipinski definition) is 5. The third-order valence-corrected chi connectivity index (χ3v) is 4.42. The maximum Gasteiger partial charge on any atom is 0.251 e. The Morgan fingerprint density at radius 3 is 2.64 bits per heavy atom. The summed E-state index contributed by atoms with van der Waals surface area (Å²) < 4.78 is 0. The van der Waals surface area contributed by atoms with Gasteiger partial charge >= 0.3 is 0 Å². The molecule has 0 saturated carbocycles. The van der Waals surface area contributed by atoms with Crippen LogP contribution in [-0.2, 0) is 11.2 Å². The van der Waals surface area contributed by atoms with Crippen LogP contribution >= 0.6 is 0 Å². The predicted molar refractivity (Wildman–Crippen MR) is 106 cm³/mol. The highest BCUT2D eigenvalue weighted by Gasteiger charge is 2.38. The van der Waals surface area contributed by atoms with Gasteiger partial charge in [0.2, 0.25) is 5.91 Å². The summed E-state index contributed by atoms with van der Waals surface area (Å²) in [6, 6.07) is 10.6. The van der Waals surface area contributed by atoms with E-state index in [1.165, 1.54) is 0 Å². The Balaban J connectivity index is 1.55. The molecule has 2 heterocycles. The minimum atomic E-state index is -0.428. The molecule has 0 radical (unpaired) electrons. The molecular weight excluding hydrogens is 354 g/mol. The van der Waals surface area contributed by atoms with Crippen molar-refractivity contribution >= 4 is 17.5 Å². The summed E-state index contributed by atoms with van der Waals surface area (Å²) in [4.78, 5) is 28.8. The summed E-state index contributed by atoms with van der Waals surface area (Å²) in [6.07, 6.45) is 10.5. The first-order valence-corrected chi connectivity index (χ1v) is 9.05. The Labute approximate surface area is 163 Å². The number of nitrogens with zero attached hydrogens (tertiary/aromatic N) is 3. The van der Waals surface area contributed by atoms with Gasteiger partial charge in [-0.3, -0.25) is 14.6 Å². The van der Waals surface area contributed by atoms with Crippen molar-refractivity contribution in [2.24, 2.45) is 10.2 Å². The predicted octanol–water partition coefficient (Wildman–Crippen LogP) is 2.96. The molecule has 142 valence electrons. The molecule has 0 unspecified atom stereocenters. The summed E-state index contributed by atoms with van der Waals surface area (Å²) in [5.74, 6) is 2.15. The van der Waals surface area contributed by atoms with Gasteiger partial charge in [-0.25, -0.2) is 0 Å². The average molecular weight is 375 g/mol. The van der Waals surface area contributed by atoms with Gasteiger partial charge in [-0.1, -0.05) is 18.2 Å². The van der Waals surface area contributed by atoms with Gasteiger partial charge in [0.25, 0.3) is 5.91 Å². The molecule has 7 heteroatoms. The minimum Gasteiger partial charge on any atom is -0.352 e. The lowest BCUT2D eigenvalue weighted by Crippen LogP contribution is -2.29. The van der Waals surface area contributed by atoms with Gasteiger partial charge < -0.3 is 10.6 Å². The number of carbonyl (C=O) groups excluding carboxylic acids is 2. The van der Waals surface area contributed by atoms with E-state index in [1.54, 1.807) is 48.8 Å². The van der Waals surface area contributed by atoms with Crippen LogP contribution in [0.4, 0.5) is 5.69 Å². The van der Waals surface area contributed by atoms with Crippen LogP contribution < -0.4 is 10.6 Å². The van der Waals surface area contributed by atoms with Crippen LogP contribution in [-0.4, -0.2) is 29.0 Å². The zero-order chi connectivity index (χ0) is 19.8. The molecule has 1 aromatic carbocycles. The van der Waals surface area contributed by atoms with E-state index in [0.29, 0.717) is 42.6 Å². The van der Waals surface area contributed by atoms with Crippen LogP contribution in [0.3, 0.4) is 0 Å². The first kappa shape index (κ1) is 19.2. The number of amides is 2. The Morgan fingerprint density at radius 2 is 1.93 bits per heavy atom. The molecule has 0 bridgehead atoms. The van der Waals surface area contributed by atoms with Crippen molar-refractivity contribution in [1.82, 2.24) is 10.3 Å². The summed E-state index contributed by atoms with van der Waals surface area (Å²) in [5, 5.41) is 13.8. The van der Waals surface area contributed by atoms with Crippen LogP contribution in [0.25, 0.3) is 0 Å². The normalized spacial score (nSPS) is 13.4. The van der Waals surface area contributed by atoms with Gasteiger partial charge in [0.1, 0.15) is 0 Å². The van der Waals surface area contributed by atoms with Crippen molar-refractivity contribution in [2.45, 2.75) is 31.3 Å². The lowest BCUT2D eigenvalue weighted by molar-refractivity contribution is -0.115. The molecule has 0 fully saturated rings. The first-order chi connectivity index (χ1) is 13.6. The second-order valence-electron chi connectivity index (χ2n) is 6.52. The van der Waals surface area contributed by atoms with Crippen LogP contribution in [0.2, 0.25) is 0 Å². The second kappa shape index (κ2) is 8.91. The molecule has 1 aliphatic rings. The van der Waals surface area contributed by atoms with Crippen LogP contribution in [0.5, 0.6) is 0 Å². The molecule has 3 rings (SSSR count). The fourth-order valence-corrected chi connectivity index (χ4v) is 2.85. The molecule has 0 atom stereocenters. The number of nitrogens with one attached hydrogen (secondary N) is 2. The standard InChI is InChI=1S/C21H21N5O2/c1-2-3-10-21(25-26-21)11-13-23-20(28)18-9-5-4-7-16(18)14-19(27)24-17-8-6-12-22-15-17/h1,4-9,12,15H,3,10-11,13-14H2,(H,23,28)(H,24,27). The van der Waals surface area contributed by atoms with Gasteiger partial charge in [-0.2, -0.15) is 10.2 Å². The number of rotatable bonds is 9. The summed E-state index contributed by atoms with van der Waals surface area (Å²) >= 11 is 0. The highest BCUT2D eigenvalue weighted by Crippen LogP contribution is 2.36. The third-order valence-electron chi connectivity index (χ3n) is 4.42.